The molecule has 1 aromatic carbocycles. The van der Waals surface area contributed by atoms with Crippen molar-refractivity contribution in [3.63, 3.8) is 0 Å². The summed E-state index contributed by atoms with van der Waals surface area (Å²) in [5.41, 5.74) is 3.89. The van der Waals surface area contributed by atoms with Crippen LogP contribution in [0.1, 0.15) is 17.5 Å². The number of aliphatic hydroxyl groups is 1. The van der Waals surface area contributed by atoms with Crippen molar-refractivity contribution in [2.45, 2.75) is 26.4 Å². The zero-order valence-corrected chi connectivity index (χ0v) is 12.7. The highest BCUT2D eigenvalue weighted by atomic mass is 16.4. The third-order valence-corrected chi connectivity index (χ3v) is 4.17. The number of β-amino-alcohol motifs (C(OH)–C–C–N with tert-alkyl or cyclic N) is 1. The summed E-state index contributed by atoms with van der Waals surface area (Å²) in [6.45, 7) is 8.22. The highest BCUT2D eigenvalue weighted by Gasteiger charge is 2.21. The molecule has 1 aromatic rings. The number of nitrogens with zero attached hydrogens (tertiary/aromatic N) is 2. The van der Waals surface area contributed by atoms with Crippen molar-refractivity contribution in [3.8, 4) is 0 Å². The van der Waals surface area contributed by atoms with Crippen molar-refractivity contribution >= 4 is 11.7 Å². The summed E-state index contributed by atoms with van der Waals surface area (Å²) in [5, 5.41) is 18.4. The van der Waals surface area contributed by atoms with E-state index in [0.717, 1.165) is 26.2 Å². The minimum atomic E-state index is -0.948. The molecule has 0 aliphatic carbocycles. The van der Waals surface area contributed by atoms with Crippen LogP contribution in [0, 0.1) is 13.8 Å². The molecule has 2 rings (SSSR count). The van der Waals surface area contributed by atoms with Crippen molar-refractivity contribution in [1.29, 1.82) is 0 Å². The van der Waals surface area contributed by atoms with Gasteiger partial charge in [-0.2, -0.15) is 0 Å². The van der Waals surface area contributed by atoms with Crippen LogP contribution in [-0.2, 0) is 4.79 Å². The fraction of sp³-hybridized carbons (Fsp3) is 0.562. The Labute approximate surface area is 125 Å². The van der Waals surface area contributed by atoms with Gasteiger partial charge in [0.25, 0.3) is 0 Å². The van der Waals surface area contributed by atoms with E-state index in [0.29, 0.717) is 6.54 Å². The number of aliphatic carboxylic acids is 1. The van der Waals surface area contributed by atoms with Gasteiger partial charge in [-0.15, -0.1) is 0 Å². The summed E-state index contributed by atoms with van der Waals surface area (Å²) < 4.78 is 0. The van der Waals surface area contributed by atoms with Gasteiger partial charge in [0.15, 0.2) is 0 Å². The third kappa shape index (κ3) is 4.19. The number of rotatable bonds is 5. The predicted molar refractivity (Wildman–Crippen MR) is 82.8 cm³/mol. The highest BCUT2D eigenvalue weighted by Crippen LogP contribution is 2.23. The van der Waals surface area contributed by atoms with Gasteiger partial charge in [-0.05, 0) is 31.0 Å². The van der Waals surface area contributed by atoms with Crippen molar-refractivity contribution in [2.24, 2.45) is 0 Å². The zero-order valence-electron chi connectivity index (χ0n) is 12.7. The van der Waals surface area contributed by atoms with E-state index >= 15 is 0 Å². The average molecular weight is 292 g/mol. The summed E-state index contributed by atoms with van der Waals surface area (Å²) in [6, 6.07) is 6.36. The Morgan fingerprint density at radius 1 is 1.24 bits per heavy atom. The Bertz CT molecular complexity index is 496. The van der Waals surface area contributed by atoms with E-state index in [9.17, 15) is 9.90 Å². The number of carbonyl (C=O) groups is 1. The Kier molecular flexibility index (Phi) is 5.20. The van der Waals surface area contributed by atoms with Gasteiger partial charge in [-0.3, -0.25) is 9.69 Å². The normalized spacial score (nSPS) is 17.8. The van der Waals surface area contributed by atoms with Gasteiger partial charge in [-0.25, -0.2) is 0 Å². The second-order valence-electron chi connectivity index (χ2n) is 5.76. The fourth-order valence-corrected chi connectivity index (χ4v) is 2.81. The van der Waals surface area contributed by atoms with E-state index < -0.39 is 12.1 Å². The first-order valence-corrected chi connectivity index (χ1v) is 7.40. The Hall–Kier alpha value is -1.59. The number of aryl methyl sites for hydroxylation is 1. The van der Waals surface area contributed by atoms with Crippen LogP contribution < -0.4 is 4.90 Å². The molecule has 5 heteroatoms. The molecule has 0 amide bonds. The molecule has 1 aliphatic heterocycles. The molecule has 2 N–H and O–H groups in total. The van der Waals surface area contributed by atoms with Crippen LogP contribution in [0.4, 0.5) is 5.69 Å². The van der Waals surface area contributed by atoms with Crippen molar-refractivity contribution in [1.82, 2.24) is 4.90 Å². The van der Waals surface area contributed by atoms with Gasteiger partial charge in [-0.1, -0.05) is 12.1 Å². The molecular formula is C16H24N2O3. The molecule has 0 radical (unpaired) electrons. The highest BCUT2D eigenvalue weighted by molar-refractivity contribution is 5.67. The van der Waals surface area contributed by atoms with Gasteiger partial charge in [0.1, 0.15) is 0 Å². The Balaban J connectivity index is 1.88. The van der Waals surface area contributed by atoms with E-state index in [1.807, 2.05) is 0 Å². The molecule has 0 spiro atoms. The summed E-state index contributed by atoms with van der Waals surface area (Å²) in [5.74, 6) is -0.948. The van der Waals surface area contributed by atoms with Crippen molar-refractivity contribution in [3.05, 3.63) is 29.3 Å². The zero-order chi connectivity index (χ0) is 15.4. The van der Waals surface area contributed by atoms with Crippen LogP contribution in [0.5, 0.6) is 0 Å². The van der Waals surface area contributed by atoms with E-state index in [2.05, 4.69) is 41.8 Å². The van der Waals surface area contributed by atoms with Crippen LogP contribution in [0.25, 0.3) is 0 Å². The van der Waals surface area contributed by atoms with E-state index in [-0.39, 0.29) is 6.42 Å². The summed E-state index contributed by atoms with van der Waals surface area (Å²) >= 11 is 0. The van der Waals surface area contributed by atoms with Crippen LogP contribution in [0.3, 0.4) is 0 Å². The minimum Gasteiger partial charge on any atom is -0.481 e. The Morgan fingerprint density at radius 3 is 2.52 bits per heavy atom. The van der Waals surface area contributed by atoms with Gasteiger partial charge in [0, 0.05) is 38.4 Å². The largest absolute Gasteiger partial charge is 0.481 e. The standard InChI is InChI=1S/C16H24N2O3/c1-12-4-3-5-15(13(12)2)18-8-6-17(7-9-18)11-14(19)10-16(20)21/h3-5,14,19H,6-11H2,1-2H3,(H,20,21). The number of aliphatic hydroxyl groups excluding tert-OH is 1. The van der Waals surface area contributed by atoms with E-state index in [1.54, 1.807) is 0 Å². The summed E-state index contributed by atoms with van der Waals surface area (Å²) in [6.07, 6.45) is -0.966. The molecule has 21 heavy (non-hydrogen) atoms. The third-order valence-electron chi connectivity index (χ3n) is 4.17. The first-order valence-electron chi connectivity index (χ1n) is 7.40. The van der Waals surface area contributed by atoms with Crippen molar-refractivity contribution in [2.75, 3.05) is 37.6 Å². The lowest BCUT2D eigenvalue weighted by molar-refractivity contribution is -0.139. The minimum absolute atomic E-state index is 0.183. The van der Waals surface area contributed by atoms with Crippen LogP contribution in [0.15, 0.2) is 18.2 Å². The molecule has 1 aliphatic rings. The number of piperazine rings is 1. The number of hydrogen-bond acceptors (Lipinski definition) is 4. The number of anilines is 1. The van der Waals surface area contributed by atoms with Crippen LogP contribution in [0.2, 0.25) is 0 Å². The maximum atomic E-state index is 10.6. The molecule has 1 unspecified atom stereocenters. The topological polar surface area (TPSA) is 64.0 Å². The smallest absolute Gasteiger partial charge is 0.306 e. The number of carboxylic acid groups (broad SMARTS) is 1. The molecule has 1 heterocycles. The quantitative estimate of drug-likeness (QED) is 0.855. The first-order chi connectivity index (χ1) is 9.97. The number of benzene rings is 1. The lowest BCUT2D eigenvalue weighted by Crippen LogP contribution is -2.49. The molecule has 1 saturated heterocycles. The first kappa shape index (κ1) is 15.8. The van der Waals surface area contributed by atoms with Gasteiger partial charge >= 0.3 is 5.97 Å². The van der Waals surface area contributed by atoms with E-state index in [4.69, 9.17) is 5.11 Å². The molecule has 116 valence electrons. The van der Waals surface area contributed by atoms with E-state index in [1.165, 1.54) is 16.8 Å². The van der Waals surface area contributed by atoms with Gasteiger partial charge < -0.3 is 15.1 Å². The molecule has 5 nitrogen and oxygen atoms in total. The summed E-state index contributed by atoms with van der Waals surface area (Å²) in [4.78, 5) is 15.1. The monoisotopic (exact) mass is 292 g/mol. The lowest BCUT2D eigenvalue weighted by atomic mass is 10.1. The predicted octanol–water partition coefficient (Wildman–Crippen LogP) is 1.26. The molecule has 0 bridgehead atoms. The molecule has 0 saturated carbocycles. The molecule has 1 fully saturated rings. The summed E-state index contributed by atoms with van der Waals surface area (Å²) in [7, 11) is 0. The number of carboxylic acids is 1. The number of hydrogen-bond donors (Lipinski definition) is 2. The Morgan fingerprint density at radius 2 is 1.90 bits per heavy atom. The second-order valence-corrected chi connectivity index (χ2v) is 5.76. The molecular weight excluding hydrogens is 268 g/mol. The van der Waals surface area contributed by atoms with Crippen LogP contribution in [-0.4, -0.2) is 59.9 Å². The molecule has 0 aromatic heterocycles. The maximum absolute atomic E-state index is 10.6. The maximum Gasteiger partial charge on any atom is 0.306 e. The fourth-order valence-electron chi connectivity index (χ4n) is 2.81. The average Bonchev–Trinajstić information content (AvgIpc) is 2.42. The van der Waals surface area contributed by atoms with Gasteiger partial charge in [0.2, 0.25) is 0 Å². The van der Waals surface area contributed by atoms with Crippen molar-refractivity contribution < 1.29 is 15.0 Å². The van der Waals surface area contributed by atoms with Gasteiger partial charge in [0.05, 0.1) is 12.5 Å². The second kappa shape index (κ2) is 6.91. The lowest BCUT2D eigenvalue weighted by Gasteiger charge is -2.37. The molecule has 1 atom stereocenters. The SMILES string of the molecule is Cc1cccc(N2CCN(CC(O)CC(=O)O)CC2)c1C. The van der Waals surface area contributed by atoms with Crippen LogP contribution >= 0.6 is 0 Å².